The number of benzene rings is 1. The first-order valence-electron chi connectivity index (χ1n) is 9.10. The molecule has 0 spiro atoms. The van der Waals surface area contributed by atoms with Crippen molar-refractivity contribution >= 4 is 49.6 Å². The minimum absolute atomic E-state index is 0.0422. The van der Waals surface area contributed by atoms with Crippen LogP contribution in [0.2, 0.25) is 0 Å². The summed E-state index contributed by atoms with van der Waals surface area (Å²) in [5, 5.41) is 9.96. The summed E-state index contributed by atoms with van der Waals surface area (Å²) in [6.07, 6.45) is 0.496. The van der Waals surface area contributed by atoms with Gasteiger partial charge in [-0.2, -0.15) is 0 Å². The molecule has 148 valence electrons. The smallest absolute Gasteiger partial charge is 0.233 e. The van der Waals surface area contributed by atoms with Crippen LogP contribution in [-0.4, -0.2) is 69.3 Å². The highest BCUT2D eigenvalue weighted by atomic mass is 32.2. The second-order valence-corrected chi connectivity index (χ2v) is 10.0. The van der Waals surface area contributed by atoms with Crippen LogP contribution in [0, 0.1) is 0 Å². The number of aromatic nitrogens is 4. The quantitative estimate of drug-likeness (QED) is 0.581. The summed E-state index contributed by atoms with van der Waals surface area (Å²) in [5.41, 5.74) is 2.56. The molecule has 3 aromatic rings. The van der Waals surface area contributed by atoms with Crippen LogP contribution in [0.5, 0.6) is 0 Å². The van der Waals surface area contributed by atoms with E-state index in [-0.39, 0.29) is 29.2 Å². The van der Waals surface area contributed by atoms with Crippen molar-refractivity contribution in [3.8, 4) is 0 Å². The van der Waals surface area contributed by atoms with Crippen molar-refractivity contribution in [2.24, 2.45) is 0 Å². The van der Waals surface area contributed by atoms with E-state index >= 15 is 0 Å². The van der Waals surface area contributed by atoms with Gasteiger partial charge in [0.2, 0.25) is 11.1 Å². The van der Waals surface area contributed by atoms with Crippen molar-refractivity contribution in [3.05, 3.63) is 24.3 Å². The number of sulfone groups is 1. The lowest BCUT2D eigenvalue weighted by molar-refractivity contribution is -0.128. The lowest BCUT2D eigenvalue weighted by atomic mass is 10.2. The Labute approximate surface area is 167 Å². The minimum atomic E-state index is -3.02. The summed E-state index contributed by atoms with van der Waals surface area (Å²) in [6.45, 7) is 2.81. The van der Waals surface area contributed by atoms with Crippen LogP contribution < -0.4 is 0 Å². The third-order valence-electron chi connectivity index (χ3n) is 5.15. The molecule has 1 amide bonds. The molecule has 1 atom stereocenters. The van der Waals surface area contributed by atoms with Crippen LogP contribution in [0.4, 0.5) is 0 Å². The third-order valence-corrected chi connectivity index (χ3v) is 7.72. The highest BCUT2D eigenvalue weighted by molar-refractivity contribution is 7.99. The van der Waals surface area contributed by atoms with Gasteiger partial charge < -0.3 is 9.47 Å². The van der Waals surface area contributed by atoms with Crippen LogP contribution in [0.15, 0.2) is 29.4 Å². The number of carbonyl (C=O) groups is 1. The van der Waals surface area contributed by atoms with Crippen LogP contribution in [-0.2, 0) is 21.2 Å². The molecule has 8 nitrogen and oxygen atoms in total. The van der Waals surface area contributed by atoms with Crippen LogP contribution in [0.25, 0.3) is 22.1 Å². The maximum Gasteiger partial charge on any atom is 0.233 e. The molecule has 0 N–H and O–H groups in total. The fraction of sp³-hybridized carbons (Fsp3) is 0.444. The Hall–Kier alpha value is -2.20. The van der Waals surface area contributed by atoms with Gasteiger partial charge in [-0.1, -0.05) is 30.0 Å². The first kappa shape index (κ1) is 19.1. The molecule has 1 fully saturated rings. The molecule has 2 aromatic heterocycles. The Morgan fingerprint density at radius 2 is 2.11 bits per heavy atom. The van der Waals surface area contributed by atoms with Crippen LogP contribution >= 0.6 is 11.8 Å². The maximum absolute atomic E-state index is 12.5. The first-order chi connectivity index (χ1) is 13.4. The van der Waals surface area contributed by atoms with E-state index in [1.807, 2.05) is 24.3 Å². The number of para-hydroxylation sites is 1. The Balaban J connectivity index is 1.52. The van der Waals surface area contributed by atoms with Crippen molar-refractivity contribution in [1.82, 2.24) is 24.6 Å². The Morgan fingerprint density at radius 3 is 2.82 bits per heavy atom. The van der Waals surface area contributed by atoms with Gasteiger partial charge in [-0.25, -0.2) is 13.4 Å². The van der Waals surface area contributed by atoms with Crippen molar-refractivity contribution in [3.63, 3.8) is 0 Å². The number of nitrogens with zero attached hydrogens (tertiary/aromatic N) is 5. The standard InChI is InChI=1S/C18H21N5O3S2/c1-3-23-14-7-5-4-6-13(14)16-17(23)19-18(21-20-16)27-10-15(24)22(2)12-8-9-28(25,26)11-12/h4-7,12H,3,8-11H2,1-2H3. The number of hydrogen-bond acceptors (Lipinski definition) is 7. The van der Waals surface area contributed by atoms with Gasteiger partial charge in [0.05, 0.1) is 22.8 Å². The number of amides is 1. The Kier molecular flexibility index (Phi) is 5.00. The Morgan fingerprint density at radius 1 is 1.32 bits per heavy atom. The predicted octanol–water partition coefficient (Wildman–Crippen LogP) is 1.74. The second-order valence-electron chi connectivity index (χ2n) is 6.88. The molecule has 1 aromatic carbocycles. The van der Waals surface area contributed by atoms with Crippen molar-refractivity contribution in [2.45, 2.75) is 31.1 Å². The summed E-state index contributed by atoms with van der Waals surface area (Å²) < 4.78 is 25.3. The molecule has 0 saturated carbocycles. The van der Waals surface area contributed by atoms with E-state index in [0.29, 0.717) is 11.6 Å². The largest absolute Gasteiger partial charge is 0.341 e. The average molecular weight is 420 g/mol. The van der Waals surface area contributed by atoms with Crippen molar-refractivity contribution in [2.75, 3.05) is 24.3 Å². The van der Waals surface area contributed by atoms with E-state index in [2.05, 4.69) is 26.7 Å². The monoisotopic (exact) mass is 419 g/mol. The molecule has 28 heavy (non-hydrogen) atoms. The van der Waals surface area contributed by atoms with Gasteiger partial charge in [-0.15, -0.1) is 10.2 Å². The van der Waals surface area contributed by atoms with Gasteiger partial charge in [0.25, 0.3) is 0 Å². The topological polar surface area (TPSA) is 98.0 Å². The van der Waals surface area contributed by atoms with Crippen molar-refractivity contribution < 1.29 is 13.2 Å². The molecule has 1 aliphatic heterocycles. The summed E-state index contributed by atoms with van der Waals surface area (Å²) >= 11 is 1.22. The zero-order valence-electron chi connectivity index (χ0n) is 15.7. The molecule has 0 aliphatic carbocycles. The average Bonchev–Trinajstić information content (AvgIpc) is 3.21. The fourth-order valence-electron chi connectivity index (χ4n) is 3.58. The highest BCUT2D eigenvalue weighted by Crippen LogP contribution is 2.27. The van der Waals surface area contributed by atoms with E-state index in [9.17, 15) is 13.2 Å². The summed E-state index contributed by atoms with van der Waals surface area (Å²) in [4.78, 5) is 18.6. The molecule has 3 heterocycles. The number of carbonyl (C=O) groups excluding carboxylic acids is 1. The van der Waals surface area contributed by atoms with E-state index in [4.69, 9.17) is 0 Å². The Bertz CT molecular complexity index is 1160. The van der Waals surface area contributed by atoms with Crippen LogP contribution in [0.1, 0.15) is 13.3 Å². The molecule has 10 heteroatoms. The number of fused-ring (bicyclic) bond motifs is 3. The maximum atomic E-state index is 12.5. The molecule has 0 radical (unpaired) electrons. The van der Waals surface area contributed by atoms with Gasteiger partial charge in [0.1, 0.15) is 5.52 Å². The molecule has 0 bridgehead atoms. The number of rotatable bonds is 5. The van der Waals surface area contributed by atoms with Crippen molar-refractivity contribution in [1.29, 1.82) is 0 Å². The second kappa shape index (κ2) is 7.32. The van der Waals surface area contributed by atoms with Gasteiger partial charge in [0.15, 0.2) is 15.5 Å². The molecule has 1 unspecified atom stereocenters. The minimum Gasteiger partial charge on any atom is -0.341 e. The SMILES string of the molecule is CCn1c2ccccc2c2nnc(SCC(=O)N(C)C3CCS(=O)(=O)C3)nc21. The van der Waals surface area contributed by atoms with Gasteiger partial charge in [-0.3, -0.25) is 4.79 Å². The molecular weight excluding hydrogens is 398 g/mol. The van der Waals surface area contributed by atoms with E-state index in [1.165, 1.54) is 16.7 Å². The lowest BCUT2D eigenvalue weighted by Crippen LogP contribution is -2.38. The van der Waals surface area contributed by atoms with Gasteiger partial charge in [0, 0.05) is 25.0 Å². The molecule has 1 saturated heterocycles. The number of hydrogen-bond donors (Lipinski definition) is 0. The summed E-state index contributed by atoms with van der Waals surface area (Å²) in [6, 6.07) is 7.73. The van der Waals surface area contributed by atoms with Gasteiger partial charge >= 0.3 is 0 Å². The third kappa shape index (κ3) is 3.46. The fourth-order valence-corrected chi connectivity index (χ4v) is 6.06. The number of aryl methyl sites for hydroxylation is 1. The van der Waals surface area contributed by atoms with Gasteiger partial charge in [-0.05, 0) is 19.4 Å². The zero-order chi connectivity index (χ0) is 19.9. The van der Waals surface area contributed by atoms with Crippen LogP contribution in [0.3, 0.4) is 0 Å². The molecule has 4 rings (SSSR count). The summed E-state index contributed by atoms with van der Waals surface area (Å²) in [5.74, 6) is 0.202. The highest BCUT2D eigenvalue weighted by Gasteiger charge is 2.32. The van der Waals surface area contributed by atoms with E-state index in [1.54, 1.807) is 7.05 Å². The first-order valence-corrected chi connectivity index (χ1v) is 11.9. The molecular formula is C18H21N5O3S2. The molecule has 1 aliphatic rings. The summed E-state index contributed by atoms with van der Waals surface area (Å²) in [7, 11) is -1.37. The van der Waals surface area contributed by atoms with E-state index < -0.39 is 9.84 Å². The predicted molar refractivity (Wildman–Crippen MR) is 109 cm³/mol. The number of thioether (sulfide) groups is 1. The van der Waals surface area contributed by atoms with E-state index in [0.717, 1.165) is 28.6 Å². The normalized spacial score (nSPS) is 18.7. The zero-order valence-corrected chi connectivity index (χ0v) is 17.3. The lowest BCUT2D eigenvalue weighted by Gasteiger charge is -2.22.